The zero-order valence-electron chi connectivity index (χ0n) is 12.4. The lowest BCUT2D eigenvalue weighted by atomic mass is 10.1. The molecular formula is C15H12ClN5OS. The van der Waals surface area contributed by atoms with Crippen molar-refractivity contribution in [3.8, 4) is 11.4 Å². The lowest BCUT2D eigenvalue weighted by Crippen LogP contribution is -1.95. The molecule has 4 aromatic rings. The molecule has 0 saturated carbocycles. The number of rotatable bonds is 3. The fourth-order valence-electron chi connectivity index (χ4n) is 2.41. The number of aromatic nitrogens is 5. The van der Waals surface area contributed by atoms with E-state index in [1.807, 2.05) is 38.1 Å². The van der Waals surface area contributed by atoms with E-state index >= 15 is 0 Å². The van der Waals surface area contributed by atoms with E-state index < -0.39 is 0 Å². The molecule has 0 N–H and O–H groups in total. The summed E-state index contributed by atoms with van der Waals surface area (Å²) in [7, 11) is 0. The maximum atomic E-state index is 5.93. The van der Waals surface area contributed by atoms with Gasteiger partial charge in [0, 0.05) is 22.6 Å². The first kappa shape index (κ1) is 14.3. The molecule has 116 valence electrons. The van der Waals surface area contributed by atoms with Gasteiger partial charge in [0.1, 0.15) is 10.8 Å². The second-order valence-corrected chi connectivity index (χ2v) is 6.68. The van der Waals surface area contributed by atoms with Crippen molar-refractivity contribution < 1.29 is 4.52 Å². The molecule has 0 spiro atoms. The van der Waals surface area contributed by atoms with Crippen molar-refractivity contribution >= 4 is 27.9 Å². The first-order chi connectivity index (χ1) is 11.1. The highest BCUT2D eigenvalue weighted by Crippen LogP contribution is 2.25. The molecule has 3 aromatic heterocycles. The number of benzene rings is 1. The van der Waals surface area contributed by atoms with Crippen LogP contribution in [0, 0.1) is 13.8 Å². The summed E-state index contributed by atoms with van der Waals surface area (Å²) >= 11 is 7.45. The Labute approximate surface area is 140 Å². The average Bonchev–Trinajstić information content (AvgIpc) is 3.19. The first-order valence-electron chi connectivity index (χ1n) is 7.00. The van der Waals surface area contributed by atoms with E-state index in [-0.39, 0.29) is 0 Å². The topological polar surface area (TPSA) is 69.1 Å². The predicted molar refractivity (Wildman–Crippen MR) is 87.9 cm³/mol. The quantitative estimate of drug-likeness (QED) is 0.566. The second kappa shape index (κ2) is 5.43. The minimum absolute atomic E-state index is 0.676. The fourth-order valence-corrected chi connectivity index (χ4v) is 3.38. The van der Waals surface area contributed by atoms with Crippen LogP contribution >= 0.6 is 22.9 Å². The van der Waals surface area contributed by atoms with Gasteiger partial charge in [0.2, 0.25) is 4.96 Å². The zero-order chi connectivity index (χ0) is 16.0. The van der Waals surface area contributed by atoms with Gasteiger partial charge in [-0.1, -0.05) is 28.1 Å². The summed E-state index contributed by atoms with van der Waals surface area (Å²) in [6.45, 7) is 3.85. The van der Waals surface area contributed by atoms with Gasteiger partial charge in [-0.2, -0.15) is 9.61 Å². The summed E-state index contributed by atoms with van der Waals surface area (Å²) in [5, 5.41) is 18.7. The van der Waals surface area contributed by atoms with Gasteiger partial charge >= 0.3 is 0 Å². The lowest BCUT2D eigenvalue weighted by Gasteiger charge is -1.97. The van der Waals surface area contributed by atoms with Gasteiger partial charge < -0.3 is 4.52 Å². The van der Waals surface area contributed by atoms with E-state index in [4.69, 9.17) is 16.1 Å². The third kappa shape index (κ3) is 2.51. The van der Waals surface area contributed by atoms with Crippen LogP contribution < -0.4 is 0 Å². The van der Waals surface area contributed by atoms with Crippen LogP contribution in [0.2, 0.25) is 5.02 Å². The molecule has 23 heavy (non-hydrogen) atoms. The molecule has 6 nitrogen and oxygen atoms in total. The van der Waals surface area contributed by atoms with Crippen molar-refractivity contribution in [2.45, 2.75) is 20.3 Å². The summed E-state index contributed by atoms with van der Waals surface area (Å²) < 4.78 is 6.97. The van der Waals surface area contributed by atoms with Gasteiger partial charge in [0.25, 0.3) is 0 Å². The number of fused-ring (bicyclic) bond motifs is 1. The van der Waals surface area contributed by atoms with E-state index in [2.05, 4.69) is 20.5 Å². The molecule has 3 heterocycles. The molecule has 0 fully saturated rings. The molecule has 0 bridgehead atoms. The maximum absolute atomic E-state index is 5.93. The van der Waals surface area contributed by atoms with Crippen LogP contribution in [0.5, 0.6) is 0 Å². The van der Waals surface area contributed by atoms with Crippen LogP contribution in [-0.2, 0) is 6.42 Å². The highest BCUT2D eigenvalue weighted by molar-refractivity contribution is 7.16. The summed E-state index contributed by atoms with van der Waals surface area (Å²) in [6, 6.07) is 7.47. The van der Waals surface area contributed by atoms with Crippen molar-refractivity contribution in [1.29, 1.82) is 0 Å². The van der Waals surface area contributed by atoms with Gasteiger partial charge in [0.15, 0.2) is 5.82 Å². The molecule has 0 unspecified atom stereocenters. The molecule has 0 aliphatic carbocycles. The Bertz CT molecular complexity index is 966. The third-order valence-electron chi connectivity index (χ3n) is 3.64. The van der Waals surface area contributed by atoms with E-state index in [1.165, 1.54) is 11.3 Å². The van der Waals surface area contributed by atoms with E-state index in [0.717, 1.165) is 32.5 Å². The molecule has 0 saturated heterocycles. The smallest absolute Gasteiger partial charge is 0.234 e. The molecule has 4 rings (SSSR count). The number of nitrogens with zero attached hydrogens (tertiary/aromatic N) is 5. The Morgan fingerprint density at radius 1 is 1.17 bits per heavy atom. The Balaban J connectivity index is 1.73. The number of hydrogen-bond acceptors (Lipinski definition) is 6. The molecule has 0 aliphatic heterocycles. The molecule has 0 amide bonds. The highest BCUT2D eigenvalue weighted by atomic mass is 35.5. The van der Waals surface area contributed by atoms with Crippen molar-refractivity contribution in [3.63, 3.8) is 0 Å². The standard InChI is InChI=1S/C15H12ClN5OS/c1-8-12(9(2)22-20-8)7-13-19-21-14(17-18-15(21)23-13)10-3-5-11(16)6-4-10/h3-6H,7H2,1-2H3. The van der Waals surface area contributed by atoms with Crippen molar-refractivity contribution in [2.24, 2.45) is 0 Å². The van der Waals surface area contributed by atoms with E-state index in [9.17, 15) is 0 Å². The zero-order valence-corrected chi connectivity index (χ0v) is 14.0. The van der Waals surface area contributed by atoms with Gasteiger partial charge in [-0.05, 0) is 38.1 Å². The van der Waals surface area contributed by atoms with Crippen LogP contribution in [0.1, 0.15) is 22.0 Å². The minimum atomic E-state index is 0.676. The number of aryl methyl sites for hydroxylation is 2. The first-order valence-corrected chi connectivity index (χ1v) is 8.20. The number of hydrogen-bond donors (Lipinski definition) is 0. The van der Waals surface area contributed by atoms with E-state index in [0.29, 0.717) is 17.3 Å². The lowest BCUT2D eigenvalue weighted by molar-refractivity contribution is 0.392. The van der Waals surface area contributed by atoms with E-state index in [1.54, 1.807) is 4.52 Å². The van der Waals surface area contributed by atoms with Crippen molar-refractivity contribution in [2.75, 3.05) is 0 Å². The van der Waals surface area contributed by atoms with Crippen LogP contribution in [-0.4, -0.2) is 25.0 Å². The van der Waals surface area contributed by atoms with Gasteiger partial charge in [-0.3, -0.25) is 0 Å². The summed E-state index contributed by atoms with van der Waals surface area (Å²) in [4.78, 5) is 0.761. The van der Waals surface area contributed by atoms with Crippen LogP contribution in [0.3, 0.4) is 0 Å². The summed E-state index contributed by atoms with van der Waals surface area (Å²) in [6.07, 6.45) is 0.676. The molecule has 0 radical (unpaired) electrons. The van der Waals surface area contributed by atoms with Gasteiger partial charge in [-0.15, -0.1) is 10.2 Å². The monoisotopic (exact) mass is 345 g/mol. The van der Waals surface area contributed by atoms with Crippen molar-refractivity contribution in [3.05, 3.63) is 51.3 Å². The predicted octanol–water partition coefficient (Wildman–Crippen LogP) is 3.70. The van der Waals surface area contributed by atoms with Crippen LogP contribution in [0.25, 0.3) is 16.3 Å². The summed E-state index contributed by atoms with van der Waals surface area (Å²) in [5.74, 6) is 1.53. The normalized spacial score (nSPS) is 11.4. The summed E-state index contributed by atoms with van der Waals surface area (Å²) in [5.41, 5.74) is 2.89. The average molecular weight is 346 g/mol. The maximum Gasteiger partial charge on any atom is 0.234 e. The van der Waals surface area contributed by atoms with Gasteiger partial charge in [0.05, 0.1) is 5.69 Å². The third-order valence-corrected chi connectivity index (χ3v) is 4.80. The van der Waals surface area contributed by atoms with Crippen LogP contribution in [0.15, 0.2) is 28.8 Å². The molecule has 8 heteroatoms. The SMILES string of the molecule is Cc1noc(C)c1Cc1nn2c(-c3ccc(Cl)cc3)nnc2s1. The minimum Gasteiger partial charge on any atom is -0.361 e. The molecular weight excluding hydrogens is 334 g/mol. The van der Waals surface area contributed by atoms with Gasteiger partial charge in [-0.25, -0.2) is 0 Å². The molecule has 0 atom stereocenters. The largest absolute Gasteiger partial charge is 0.361 e. The van der Waals surface area contributed by atoms with Crippen molar-refractivity contribution in [1.82, 2.24) is 25.0 Å². The Hall–Kier alpha value is -2.25. The van der Waals surface area contributed by atoms with Crippen LogP contribution in [0.4, 0.5) is 0 Å². The Morgan fingerprint density at radius 3 is 2.65 bits per heavy atom. The molecule has 1 aromatic carbocycles. The fraction of sp³-hybridized carbons (Fsp3) is 0.200. The molecule has 0 aliphatic rings. The second-order valence-electron chi connectivity index (χ2n) is 5.20. The Kier molecular flexibility index (Phi) is 3.39. The number of halogens is 1. The highest BCUT2D eigenvalue weighted by Gasteiger charge is 2.16. The Morgan fingerprint density at radius 2 is 1.96 bits per heavy atom.